The Hall–Kier alpha value is -2.63. The molecule has 1 aliphatic rings. The molecule has 1 atom stereocenters. The minimum absolute atomic E-state index is 0.149. The van der Waals surface area contributed by atoms with Crippen LogP contribution < -0.4 is 0 Å². The van der Waals surface area contributed by atoms with Crippen LogP contribution in [0.2, 0.25) is 0 Å². The van der Waals surface area contributed by atoms with E-state index in [1.54, 1.807) is 0 Å². The summed E-state index contributed by atoms with van der Waals surface area (Å²) in [7, 11) is 0. The first-order valence-electron chi connectivity index (χ1n) is 5.89. The maximum Gasteiger partial charge on any atom is 0.317 e. The summed E-state index contributed by atoms with van der Waals surface area (Å²) in [6.45, 7) is -0.285. The van der Waals surface area contributed by atoms with Crippen molar-refractivity contribution in [2.45, 2.75) is 6.42 Å². The van der Waals surface area contributed by atoms with Gasteiger partial charge in [0.1, 0.15) is 24.0 Å². The highest BCUT2D eigenvalue weighted by atomic mass is 16.5. The third-order valence-corrected chi connectivity index (χ3v) is 2.80. The summed E-state index contributed by atoms with van der Waals surface area (Å²) in [5.74, 6) is -2.97. The molecule has 6 heteroatoms. The quantitative estimate of drug-likeness (QED) is 0.481. The van der Waals surface area contributed by atoms with Gasteiger partial charge in [0.05, 0.1) is 0 Å². The number of rotatable bonds is 3. The van der Waals surface area contributed by atoms with Crippen LogP contribution >= 0.6 is 0 Å². The lowest BCUT2D eigenvalue weighted by Crippen LogP contribution is -2.34. The standard InChI is InChI=1S/C14H12O6/c15-9-3-8(4-10(16)5-9)1-2-13(18)12-6-11(17)7-20-14(12)19/h1-5,12,15-16H,6-7H2. The van der Waals surface area contributed by atoms with E-state index in [2.05, 4.69) is 4.74 Å². The highest BCUT2D eigenvalue weighted by Crippen LogP contribution is 2.22. The minimum Gasteiger partial charge on any atom is -0.508 e. The maximum atomic E-state index is 11.8. The molecule has 1 saturated heterocycles. The molecule has 1 unspecified atom stereocenters. The topological polar surface area (TPSA) is 101 Å². The Morgan fingerprint density at radius 2 is 1.85 bits per heavy atom. The molecule has 0 saturated carbocycles. The smallest absolute Gasteiger partial charge is 0.317 e. The van der Waals surface area contributed by atoms with Gasteiger partial charge in [-0.2, -0.15) is 0 Å². The van der Waals surface area contributed by atoms with Gasteiger partial charge in [0.15, 0.2) is 11.6 Å². The molecule has 1 aromatic carbocycles. The van der Waals surface area contributed by atoms with Gasteiger partial charge in [-0.15, -0.1) is 0 Å². The summed E-state index contributed by atoms with van der Waals surface area (Å²) in [4.78, 5) is 34.4. The summed E-state index contributed by atoms with van der Waals surface area (Å²) < 4.78 is 4.59. The molecule has 0 spiro atoms. The lowest BCUT2D eigenvalue weighted by Gasteiger charge is -2.17. The van der Waals surface area contributed by atoms with Crippen LogP contribution in [-0.4, -0.2) is 34.4 Å². The van der Waals surface area contributed by atoms with Gasteiger partial charge in [-0.25, -0.2) is 0 Å². The third-order valence-electron chi connectivity index (χ3n) is 2.80. The monoisotopic (exact) mass is 276 g/mol. The van der Waals surface area contributed by atoms with Gasteiger partial charge < -0.3 is 14.9 Å². The highest BCUT2D eigenvalue weighted by Gasteiger charge is 2.33. The molecule has 6 nitrogen and oxygen atoms in total. The first kappa shape index (κ1) is 13.8. The van der Waals surface area contributed by atoms with E-state index in [1.807, 2.05) is 0 Å². The highest BCUT2D eigenvalue weighted by molar-refractivity contribution is 6.10. The van der Waals surface area contributed by atoms with Crippen molar-refractivity contribution in [3.63, 3.8) is 0 Å². The summed E-state index contributed by atoms with van der Waals surface area (Å²) in [6.07, 6.45) is 2.31. The molecule has 2 rings (SSSR count). The second kappa shape index (κ2) is 5.56. The van der Waals surface area contributed by atoms with Crippen LogP contribution in [-0.2, 0) is 19.1 Å². The number of phenols is 2. The zero-order valence-electron chi connectivity index (χ0n) is 10.4. The predicted octanol–water partition coefficient (Wildman–Crippen LogP) is 0.812. The lowest BCUT2D eigenvalue weighted by molar-refractivity contribution is -0.160. The Balaban J connectivity index is 2.12. The van der Waals surface area contributed by atoms with E-state index < -0.39 is 17.7 Å². The van der Waals surface area contributed by atoms with Gasteiger partial charge in [-0.05, 0) is 23.8 Å². The number of hydrogen-bond donors (Lipinski definition) is 2. The van der Waals surface area contributed by atoms with E-state index >= 15 is 0 Å². The van der Waals surface area contributed by atoms with Gasteiger partial charge in [0.2, 0.25) is 0 Å². The molecule has 0 radical (unpaired) electrons. The summed E-state index contributed by atoms with van der Waals surface area (Å²) >= 11 is 0. The third kappa shape index (κ3) is 3.23. The number of ketones is 2. The first-order valence-corrected chi connectivity index (χ1v) is 5.89. The number of cyclic esters (lactones) is 1. The van der Waals surface area contributed by atoms with Crippen molar-refractivity contribution in [2.75, 3.05) is 6.61 Å². The fourth-order valence-electron chi connectivity index (χ4n) is 1.85. The summed E-state index contributed by atoms with van der Waals surface area (Å²) in [5, 5.41) is 18.6. The van der Waals surface area contributed by atoms with Crippen LogP contribution in [0.3, 0.4) is 0 Å². The van der Waals surface area contributed by atoms with Crippen molar-refractivity contribution < 1.29 is 29.3 Å². The van der Waals surface area contributed by atoms with Gasteiger partial charge in [-0.3, -0.25) is 14.4 Å². The first-order chi connectivity index (χ1) is 9.45. The molecule has 1 aromatic rings. The number of carbonyl (C=O) groups excluding carboxylic acids is 3. The molecular formula is C14H12O6. The molecule has 0 bridgehead atoms. The number of aromatic hydroxyl groups is 2. The van der Waals surface area contributed by atoms with Crippen LogP contribution in [0.5, 0.6) is 11.5 Å². The van der Waals surface area contributed by atoms with Crippen LogP contribution in [0, 0.1) is 5.92 Å². The van der Waals surface area contributed by atoms with Crippen molar-refractivity contribution in [1.29, 1.82) is 0 Å². The molecule has 0 amide bonds. The van der Waals surface area contributed by atoms with E-state index in [1.165, 1.54) is 18.2 Å². The normalized spacial score (nSPS) is 19.1. The lowest BCUT2D eigenvalue weighted by atomic mass is 9.95. The van der Waals surface area contributed by atoms with Gasteiger partial charge in [-0.1, -0.05) is 6.08 Å². The Bertz CT molecular complexity index is 581. The van der Waals surface area contributed by atoms with Crippen molar-refractivity contribution in [2.24, 2.45) is 5.92 Å². The van der Waals surface area contributed by atoms with Crippen LogP contribution in [0.4, 0.5) is 0 Å². The van der Waals surface area contributed by atoms with E-state index in [4.69, 9.17) is 0 Å². The number of carbonyl (C=O) groups is 3. The number of esters is 1. The second-order valence-corrected chi connectivity index (χ2v) is 4.42. The zero-order valence-corrected chi connectivity index (χ0v) is 10.4. The number of allylic oxidation sites excluding steroid dienone is 1. The Kier molecular flexibility index (Phi) is 3.84. The zero-order chi connectivity index (χ0) is 14.7. The molecule has 1 fully saturated rings. The molecule has 104 valence electrons. The van der Waals surface area contributed by atoms with Crippen molar-refractivity contribution in [3.8, 4) is 11.5 Å². The molecule has 2 N–H and O–H groups in total. The Labute approximate surface area is 114 Å². The number of ether oxygens (including phenoxy) is 1. The van der Waals surface area contributed by atoms with Crippen molar-refractivity contribution in [1.82, 2.24) is 0 Å². The van der Waals surface area contributed by atoms with Gasteiger partial charge in [0.25, 0.3) is 0 Å². The molecule has 1 heterocycles. The number of phenolic OH excluding ortho intramolecular Hbond substituents is 2. The average molecular weight is 276 g/mol. The van der Waals surface area contributed by atoms with Crippen LogP contribution in [0.25, 0.3) is 6.08 Å². The van der Waals surface area contributed by atoms with Crippen molar-refractivity contribution >= 4 is 23.6 Å². The van der Waals surface area contributed by atoms with Gasteiger partial charge in [0, 0.05) is 12.5 Å². The molecule has 0 aliphatic carbocycles. The number of benzene rings is 1. The van der Waals surface area contributed by atoms with E-state index in [0.29, 0.717) is 5.56 Å². The fraction of sp³-hybridized carbons (Fsp3) is 0.214. The Morgan fingerprint density at radius 3 is 2.50 bits per heavy atom. The van der Waals surface area contributed by atoms with Gasteiger partial charge >= 0.3 is 5.97 Å². The van der Waals surface area contributed by atoms with Crippen LogP contribution in [0.1, 0.15) is 12.0 Å². The van der Waals surface area contributed by atoms with E-state index in [0.717, 1.165) is 12.1 Å². The van der Waals surface area contributed by atoms with E-state index in [-0.39, 0.29) is 30.3 Å². The minimum atomic E-state index is -1.11. The maximum absolute atomic E-state index is 11.8. The molecule has 20 heavy (non-hydrogen) atoms. The molecule has 0 aromatic heterocycles. The largest absolute Gasteiger partial charge is 0.508 e. The average Bonchev–Trinajstić information content (AvgIpc) is 2.38. The number of hydrogen-bond acceptors (Lipinski definition) is 6. The summed E-state index contributed by atoms with van der Waals surface area (Å²) in [6, 6.07) is 3.83. The van der Waals surface area contributed by atoms with E-state index in [9.17, 15) is 24.6 Å². The second-order valence-electron chi connectivity index (χ2n) is 4.42. The fourth-order valence-corrected chi connectivity index (χ4v) is 1.85. The molecule has 1 aliphatic heterocycles. The SMILES string of the molecule is O=C1COC(=O)C(C(=O)C=Cc2cc(O)cc(O)c2)C1. The molecular weight excluding hydrogens is 264 g/mol. The predicted molar refractivity (Wildman–Crippen MR) is 67.9 cm³/mol. The Morgan fingerprint density at radius 1 is 1.20 bits per heavy atom. The summed E-state index contributed by atoms with van der Waals surface area (Å²) in [5.41, 5.74) is 0.395. The number of Topliss-reactive ketones (excluding diaryl/α,β-unsaturated/α-hetero) is 1. The van der Waals surface area contributed by atoms with Crippen LogP contribution in [0.15, 0.2) is 24.3 Å². The van der Waals surface area contributed by atoms with Crippen molar-refractivity contribution in [3.05, 3.63) is 29.8 Å².